The van der Waals surface area contributed by atoms with E-state index in [0.717, 1.165) is 71.0 Å². The molecule has 6 heteroatoms. The van der Waals surface area contributed by atoms with Crippen LogP contribution in [0.5, 0.6) is 0 Å². The van der Waals surface area contributed by atoms with Crippen LogP contribution in [-0.2, 0) is 6.42 Å². The van der Waals surface area contributed by atoms with Crippen LogP contribution < -0.4 is 5.32 Å². The fraction of sp³-hybridized carbons (Fsp3) is 0.552. The number of carbonyl (C=O) groups is 1. The van der Waals surface area contributed by atoms with E-state index in [0.29, 0.717) is 6.04 Å². The van der Waals surface area contributed by atoms with Gasteiger partial charge >= 0.3 is 0 Å². The first-order chi connectivity index (χ1) is 17.0. The van der Waals surface area contributed by atoms with Gasteiger partial charge in [0, 0.05) is 40.6 Å². The Hall–Kier alpha value is -2.47. The predicted octanol–water partition coefficient (Wildman–Crippen LogP) is 7.75. The first kappa shape index (κ1) is 25.6. The molecule has 3 aromatic heterocycles. The lowest BCUT2D eigenvalue weighted by Gasteiger charge is -2.27. The number of thiazole rings is 1. The van der Waals surface area contributed by atoms with Gasteiger partial charge in [-0.05, 0) is 57.2 Å². The van der Waals surface area contributed by atoms with Gasteiger partial charge in [-0.25, -0.2) is 4.98 Å². The van der Waals surface area contributed by atoms with Crippen molar-refractivity contribution >= 4 is 17.2 Å². The molecule has 35 heavy (non-hydrogen) atoms. The highest BCUT2D eigenvalue weighted by molar-refractivity contribution is 7.13. The van der Waals surface area contributed by atoms with Crippen molar-refractivity contribution in [2.75, 3.05) is 0 Å². The van der Waals surface area contributed by atoms with Crippen molar-refractivity contribution < 1.29 is 4.79 Å². The van der Waals surface area contributed by atoms with E-state index >= 15 is 0 Å². The molecule has 3 heterocycles. The fourth-order valence-electron chi connectivity index (χ4n) is 5.28. The lowest BCUT2D eigenvalue weighted by atomic mass is 9.95. The Balaban J connectivity index is 1.69. The van der Waals surface area contributed by atoms with Crippen molar-refractivity contribution in [2.45, 2.75) is 104 Å². The van der Waals surface area contributed by atoms with E-state index in [9.17, 15) is 4.79 Å². The number of rotatable bonds is 10. The lowest BCUT2D eigenvalue weighted by molar-refractivity contribution is 0.0932. The number of hydrogen-bond donors (Lipinski definition) is 1. The molecule has 0 radical (unpaired) electrons. The maximum Gasteiger partial charge on any atom is 0.253 e. The summed E-state index contributed by atoms with van der Waals surface area (Å²) in [4.78, 5) is 22.9. The maximum absolute atomic E-state index is 13.4. The molecule has 5 nitrogen and oxygen atoms in total. The Morgan fingerprint density at radius 3 is 2.71 bits per heavy atom. The second-order valence-corrected chi connectivity index (χ2v) is 10.7. The van der Waals surface area contributed by atoms with Gasteiger partial charge in [0.2, 0.25) is 0 Å². The highest BCUT2D eigenvalue weighted by Gasteiger charge is 2.26. The summed E-state index contributed by atoms with van der Waals surface area (Å²) < 4.78 is 2.42. The third-order valence-electron chi connectivity index (χ3n) is 7.40. The van der Waals surface area contributed by atoms with Crippen LogP contribution in [0.25, 0.3) is 22.0 Å². The van der Waals surface area contributed by atoms with Crippen LogP contribution in [0.4, 0.5) is 0 Å². The molecule has 1 fully saturated rings. The van der Waals surface area contributed by atoms with E-state index in [1.165, 1.54) is 32.1 Å². The molecule has 1 unspecified atom stereocenters. The zero-order valence-electron chi connectivity index (χ0n) is 21.8. The Morgan fingerprint density at radius 1 is 1.20 bits per heavy atom. The number of nitrogens with one attached hydrogen (secondary N) is 1. The van der Waals surface area contributed by atoms with Crippen LogP contribution in [0.1, 0.15) is 106 Å². The molecule has 0 bridgehead atoms. The van der Waals surface area contributed by atoms with E-state index in [4.69, 9.17) is 4.98 Å². The average molecular weight is 493 g/mol. The second kappa shape index (κ2) is 12.0. The molecule has 1 aliphatic rings. The van der Waals surface area contributed by atoms with Crippen LogP contribution in [0.15, 0.2) is 29.8 Å². The van der Waals surface area contributed by atoms with Gasteiger partial charge in [-0.3, -0.25) is 9.78 Å². The summed E-state index contributed by atoms with van der Waals surface area (Å²) in [6.45, 7) is 8.60. The molecule has 4 rings (SSSR count). The van der Waals surface area contributed by atoms with Gasteiger partial charge < -0.3 is 9.88 Å². The zero-order chi connectivity index (χ0) is 24.8. The fourth-order valence-corrected chi connectivity index (χ4v) is 6.09. The molecule has 1 amide bonds. The van der Waals surface area contributed by atoms with Gasteiger partial charge in [0.05, 0.1) is 17.0 Å². The van der Waals surface area contributed by atoms with Gasteiger partial charge in [-0.2, -0.15) is 0 Å². The van der Waals surface area contributed by atoms with Gasteiger partial charge in [0.25, 0.3) is 5.91 Å². The molecule has 0 saturated heterocycles. The van der Waals surface area contributed by atoms with Crippen molar-refractivity contribution in [3.05, 3.63) is 46.7 Å². The summed E-state index contributed by atoms with van der Waals surface area (Å²) in [6.07, 6.45) is 13.2. The highest BCUT2D eigenvalue weighted by Crippen LogP contribution is 2.38. The van der Waals surface area contributed by atoms with E-state index in [-0.39, 0.29) is 11.9 Å². The highest BCUT2D eigenvalue weighted by atomic mass is 32.1. The molecule has 1 N–H and O–H groups in total. The first-order valence-electron chi connectivity index (χ1n) is 13.5. The third kappa shape index (κ3) is 5.85. The maximum atomic E-state index is 13.4. The van der Waals surface area contributed by atoms with Crippen molar-refractivity contribution in [2.24, 2.45) is 0 Å². The minimum Gasteiger partial charge on any atom is -0.349 e. The minimum absolute atomic E-state index is 0.0541. The average Bonchev–Trinajstić information content (AvgIpc) is 3.52. The standard InChI is InChI=1S/C29H40N4OS/c1-5-8-12-22(6-2)31-28(34)25-18-27(33(20(25)4)24-13-10-9-11-14-24)26-19-35-29(32-26)21-15-16-30-23(7-3)17-21/h15-19,22,24H,5-14H2,1-4H3,(H,31,34). The normalized spacial score (nSPS) is 15.3. The predicted molar refractivity (Wildman–Crippen MR) is 146 cm³/mol. The molecule has 1 saturated carbocycles. The summed E-state index contributed by atoms with van der Waals surface area (Å²) in [6, 6.07) is 6.92. The number of aryl methyl sites for hydroxylation is 1. The van der Waals surface area contributed by atoms with Gasteiger partial charge in [0.15, 0.2) is 0 Å². The quantitative estimate of drug-likeness (QED) is 0.315. The van der Waals surface area contributed by atoms with Gasteiger partial charge in [-0.1, -0.05) is 52.9 Å². The lowest BCUT2D eigenvalue weighted by Crippen LogP contribution is -2.34. The van der Waals surface area contributed by atoms with E-state index in [1.807, 2.05) is 12.3 Å². The van der Waals surface area contributed by atoms with Crippen LogP contribution in [0.3, 0.4) is 0 Å². The smallest absolute Gasteiger partial charge is 0.253 e. The van der Waals surface area contributed by atoms with Crippen molar-refractivity contribution in [3.63, 3.8) is 0 Å². The Morgan fingerprint density at radius 2 is 2.00 bits per heavy atom. The summed E-state index contributed by atoms with van der Waals surface area (Å²) in [5, 5.41) is 6.47. The Labute approximate surface area is 214 Å². The van der Waals surface area contributed by atoms with Gasteiger partial charge in [-0.15, -0.1) is 11.3 Å². The van der Waals surface area contributed by atoms with E-state index in [1.54, 1.807) is 11.3 Å². The number of hydrogen-bond acceptors (Lipinski definition) is 4. The van der Waals surface area contributed by atoms with E-state index in [2.05, 4.69) is 60.1 Å². The van der Waals surface area contributed by atoms with Crippen LogP contribution in [-0.4, -0.2) is 26.5 Å². The van der Waals surface area contributed by atoms with Crippen LogP contribution >= 0.6 is 11.3 Å². The monoisotopic (exact) mass is 492 g/mol. The minimum atomic E-state index is 0.0541. The molecule has 0 aliphatic heterocycles. The second-order valence-electron chi connectivity index (χ2n) is 9.84. The molecule has 0 spiro atoms. The number of amides is 1. The van der Waals surface area contributed by atoms with Crippen LogP contribution in [0.2, 0.25) is 0 Å². The molecular formula is C29H40N4OS. The summed E-state index contributed by atoms with van der Waals surface area (Å²) in [5.74, 6) is 0.0541. The molecule has 1 aliphatic carbocycles. The summed E-state index contributed by atoms with van der Waals surface area (Å²) in [7, 11) is 0. The molecule has 0 aromatic carbocycles. The number of pyridine rings is 1. The first-order valence-corrected chi connectivity index (χ1v) is 14.4. The number of unbranched alkanes of at least 4 members (excludes halogenated alkanes) is 1. The molecule has 1 atom stereocenters. The largest absolute Gasteiger partial charge is 0.349 e. The molecule has 3 aromatic rings. The molecule has 188 valence electrons. The SMILES string of the molecule is CCCCC(CC)NC(=O)c1cc(-c2csc(-c3ccnc(CC)c3)n2)n(C2CCCCC2)c1C. The summed E-state index contributed by atoms with van der Waals surface area (Å²) >= 11 is 1.67. The van der Waals surface area contributed by atoms with Crippen molar-refractivity contribution in [1.29, 1.82) is 0 Å². The zero-order valence-corrected chi connectivity index (χ0v) is 22.6. The van der Waals surface area contributed by atoms with Gasteiger partial charge in [0.1, 0.15) is 5.01 Å². The van der Waals surface area contributed by atoms with Crippen molar-refractivity contribution in [3.8, 4) is 22.0 Å². The number of carbonyl (C=O) groups excluding carboxylic acids is 1. The van der Waals surface area contributed by atoms with Crippen molar-refractivity contribution in [1.82, 2.24) is 19.9 Å². The third-order valence-corrected chi connectivity index (χ3v) is 8.29. The Kier molecular flexibility index (Phi) is 8.77. The van der Waals surface area contributed by atoms with E-state index < -0.39 is 0 Å². The topological polar surface area (TPSA) is 59.8 Å². The molecular weight excluding hydrogens is 452 g/mol. The Bertz CT molecular complexity index is 1130. The number of aromatic nitrogens is 3. The number of nitrogens with zero attached hydrogens (tertiary/aromatic N) is 3. The van der Waals surface area contributed by atoms with Crippen LogP contribution in [0, 0.1) is 6.92 Å². The summed E-state index contributed by atoms with van der Waals surface area (Å²) in [5.41, 5.74) is 6.10.